The van der Waals surface area contributed by atoms with Crippen molar-refractivity contribution >= 4 is 0 Å². The van der Waals surface area contributed by atoms with Crippen molar-refractivity contribution in [2.24, 2.45) is 5.73 Å². The van der Waals surface area contributed by atoms with Crippen molar-refractivity contribution in [3.05, 3.63) is 46.7 Å². The zero-order valence-electron chi connectivity index (χ0n) is 9.29. The number of rotatable bonds is 2. The molecule has 0 bridgehead atoms. The predicted molar refractivity (Wildman–Crippen MR) is 61.5 cm³/mol. The highest BCUT2D eigenvalue weighted by atomic mass is 16.5. The summed E-state index contributed by atoms with van der Waals surface area (Å²) in [6, 6.07) is 6.15. The van der Waals surface area contributed by atoms with E-state index in [4.69, 9.17) is 10.5 Å². The molecule has 1 aromatic carbocycles. The molecule has 2 rings (SSSR count). The molecule has 1 aliphatic heterocycles. The Kier molecular flexibility index (Phi) is 2.78. The first-order chi connectivity index (χ1) is 7.20. The molecule has 0 fully saturated rings. The Morgan fingerprint density at radius 3 is 2.47 bits per heavy atom. The number of ether oxygens (including phenoxy) is 1. The average molecular weight is 203 g/mol. The van der Waals surface area contributed by atoms with E-state index in [2.05, 4.69) is 38.1 Å². The van der Waals surface area contributed by atoms with Gasteiger partial charge in [0.1, 0.15) is 5.76 Å². The minimum atomic E-state index is -0.103. The van der Waals surface area contributed by atoms with Crippen LogP contribution in [0.3, 0.4) is 0 Å². The van der Waals surface area contributed by atoms with E-state index in [0.717, 1.165) is 18.8 Å². The van der Waals surface area contributed by atoms with E-state index < -0.39 is 0 Å². The van der Waals surface area contributed by atoms with Crippen molar-refractivity contribution in [2.45, 2.75) is 26.3 Å². The van der Waals surface area contributed by atoms with Gasteiger partial charge >= 0.3 is 0 Å². The topological polar surface area (TPSA) is 35.2 Å². The maximum atomic E-state index is 6.21. The van der Waals surface area contributed by atoms with E-state index in [1.807, 2.05) is 0 Å². The van der Waals surface area contributed by atoms with Gasteiger partial charge in [0.25, 0.3) is 0 Å². The first-order valence-electron chi connectivity index (χ1n) is 5.34. The van der Waals surface area contributed by atoms with E-state index >= 15 is 0 Å². The van der Waals surface area contributed by atoms with Crippen LogP contribution < -0.4 is 5.73 Å². The monoisotopic (exact) mass is 203 g/mol. The summed E-state index contributed by atoms with van der Waals surface area (Å²) in [7, 11) is 0. The predicted octanol–water partition coefficient (Wildman–Crippen LogP) is 2.61. The van der Waals surface area contributed by atoms with E-state index in [1.54, 1.807) is 0 Å². The van der Waals surface area contributed by atoms with Gasteiger partial charge in [-0.1, -0.05) is 18.2 Å². The van der Waals surface area contributed by atoms with Crippen LogP contribution in [0.4, 0.5) is 0 Å². The standard InChI is InChI=1S/C13H17NO/c1-9-5-3-6-10(2)12(9)13(14)11-7-4-8-15-11/h3,5-7,13H,4,8,14H2,1-2H3. The number of nitrogens with two attached hydrogens (primary N) is 1. The second-order valence-corrected chi connectivity index (χ2v) is 4.03. The van der Waals surface area contributed by atoms with Gasteiger partial charge in [-0.3, -0.25) is 0 Å². The molecule has 1 aromatic rings. The lowest BCUT2D eigenvalue weighted by Crippen LogP contribution is -2.16. The minimum absolute atomic E-state index is 0.103. The van der Waals surface area contributed by atoms with Gasteiger partial charge in [-0.2, -0.15) is 0 Å². The van der Waals surface area contributed by atoms with Crippen LogP contribution in [0, 0.1) is 13.8 Å². The average Bonchev–Trinajstić information content (AvgIpc) is 2.69. The molecule has 2 nitrogen and oxygen atoms in total. The molecule has 15 heavy (non-hydrogen) atoms. The van der Waals surface area contributed by atoms with Gasteiger partial charge in [0, 0.05) is 6.42 Å². The molecule has 80 valence electrons. The molecule has 0 spiro atoms. The molecule has 0 radical (unpaired) electrons. The van der Waals surface area contributed by atoms with E-state index in [9.17, 15) is 0 Å². The van der Waals surface area contributed by atoms with E-state index in [-0.39, 0.29) is 6.04 Å². The lowest BCUT2D eigenvalue weighted by molar-refractivity contribution is 0.225. The Labute approximate surface area is 90.7 Å². The van der Waals surface area contributed by atoms with Gasteiger partial charge in [0.15, 0.2) is 0 Å². The molecule has 1 heterocycles. The summed E-state index contributed by atoms with van der Waals surface area (Å²) in [4.78, 5) is 0. The molecule has 1 unspecified atom stereocenters. The summed E-state index contributed by atoms with van der Waals surface area (Å²) < 4.78 is 5.52. The molecule has 2 heteroatoms. The zero-order chi connectivity index (χ0) is 10.8. The van der Waals surface area contributed by atoms with Gasteiger partial charge in [0.2, 0.25) is 0 Å². The van der Waals surface area contributed by atoms with Gasteiger partial charge < -0.3 is 10.5 Å². The summed E-state index contributed by atoms with van der Waals surface area (Å²) in [5.74, 6) is 0.924. The van der Waals surface area contributed by atoms with Crippen LogP contribution in [0.1, 0.15) is 29.2 Å². The fraction of sp³-hybridized carbons (Fsp3) is 0.385. The molecule has 0 saturated heterocycles. The van der Waals surface area contributed by atoms with Crippen molar-refractivity contribution in [2.75, 3.05) is 6.61 Å². The van der Waals surface area contributed by atoms with E-state index in [0.29, 0.717) is 0 Å². The van der Waals surface area contributed by atoms with Crippen LogP contribution in [0.5, 0.6) is 0 Å². The highest BCUT2D eigenvalue weighted by molar-refractivity contribution is 5.39. The highest BCUT2D eigenvalue weighted by Crippen LogP contribution is 2.28. The van der Waals surface area contributed by atoms with Gasteiger partial charge in [-0.25, -0.2) is 0 Å². The van der Waals surface area contributed by atoms with Crippen molar-refractivity contribution in [1.82, 2.24) is 0 Å². The summed E-state index contributed by atoms with van der Waals surface area (Å²) >= 11 is 0. The highest BCUT2D eigenvalue weighted by Gasteiger charge is 2.19. The summed E-state index contributed by atoms with van der Waals surface area (Å²) in [5.41, 5.74) is 9.88. The maximum absolute atomic E-state index is 6.21. The SMILES string of the molecule is Cc1cccc(C)c1C(N)C1=CCCO1. The van der Waals surface area contributed by atoms with Crippen molar-refractivity contribution in [1.29, 1.82) is 0 Å². The third-order valence-electron chi connectivity index (χ3n) is 2.89. The molecule has 0 amide bonds. The van der Waals surface area contributed by atoms with Crippen LogP contribution in [-0.2, 0) is 4.74 Å². The number of hydrogen-bond acceptors (Lipinski definition) is 2. The maximum Gasteiger partial charge on any atom is 0.113 e. The van der Waals surface area contributed by atoms with Crippen molar-refractivity contribution < 1.29 is 4.74 Å². The van der Waals surface area contributed by atoms with Gasteiger partial charge in [-0.05, 0) is 36.6 Å². The fourth-order valence-corrected chi connectivity index (χ4v) is 2.11. The Balaban J connectivity index is 2.36. The Hall–Kier alpha value is -1.28. The Bertz CT molecular complexity index is 375. The first-order valence-corrected chi connectivity index (χ1v) is 5.34. The van der Waals surface area contributed by atoms with Crippen LogP contribution in [0.15, 0.2) is 30.0 Å². The molecular formula is C13H17NO. The summed E-state index contributed by atoms with van der Waals surface area (Å²) in [6.07, 6.45) is 3.07. The fourth-order valence-electron chi connectivity index (χ4n) is 2.11. The molecule has 2 N–H and O–H groups in total. The van der Waals surface area contributed by atoms with Gasteiger partial charge in [-0.15, -0.1) is 0 Å². The number of benzene rings is 1. The number of aryl methyl sites for hydroxylation is 2. The second-order valence-electron chi connectivity index (χ2n) is 4.03. The van der Waals surface area contributed by atoms with E-state index in [1.165, 1.54) is 16.7 Å². The first kappa shape index (κ1) is 10.2. The summed E-state index contributed by atoms with van der Waals surface area (Å²) in [5, 5.41) is 0. The van der Waals surface area contributed by atoms with Crippen molar-refractivity contribution in [3.63, 3.8) is 0 Å². The van der Waals surface area contributed by atoms with Crippen LogP contribution in [-0.4, -0.2) is 6.61 Å². The lowest BCUT2D eigenvalue weighted by atomic mass is 9.95. The van der Waals surface area contributed by atoms with Crippen LogP contribution in [0.25, 0.3) is 0 Å². The lowest BCUT2D eigenvalue weighted by Gasteiger charge is -2.18. The van der Waals surface area contributed by atoms with Gasteiger partial charge in [0.05, 0.1) is 12.6 Å². The third-order valence-corrected chi connectivity index (χ3v) is 2.89. The Morgan fingerprint density at radius 2 is 1.93 bits per heavy atom. The number of hydrogen-bond donors (Lipinski definition) is 1. The molecular weight excluding hydrogens is 186 g/mol. The smallest absolute Gasteiger partial charge is 0.113 e. The molecule has 1 aliphatic rings. The molecule has 1 atom stereocenters. The molecule has 0 saturated carbocycles. The zero-order valence-corrected chi connectivity index (χ0v) is 9.29. The van der Waals surface area contributed by atoms with Crippen LogP contribution in [0.2, 0.25) is 0 Å². The minimum Gasteiger partial charge on any atom is -0.496 e. The largest absolute Gasteiger partial charge is 0.496 e. The summed E-state index contributed by atoms with van der Waals surface area (Å²) in [6.45, 7) is 4.96. The molecule has 0 aromatic heterocycles. The third kappa shape index (κ3) is 1.90. The normalized spacial score (nSPS) is 17.1. The second kappa shape index (κ2) is 4.07. The van der Waals surface area contributed by atoms with Crippen molar-refractivity contribution in [3.8, 4) is 0 Å². The molecule has 0 aliphatic carbocycles. The van der Waals surface area contributed by atoms with Crippen LogP contribution >= 0.6 is 0 Å². The Morgan fingerprint density at radius 1 is 1.27 bits per heavy atom. The quantitative estimate of drug-likeness (QED) is 0.802.